The van der Waals surface area contributed by atoms with Gasteiger partial charge in [-0.3, -0.25) is 4.79 Å². The molecule has 0 aliphatic rings. The normalized spacial score (nSPS) is 11.0. The number of rotatable bonds is 12. The number of ether oxygens (including phenoxy) is 2. The molecule has 0 atom stereocenters. The molecular formula is C30H39F4N5O3. The van der Waals surface area contributed by atoms with E-state index >= 15 is 4.39 Å². The van der Waals surface area contributed by atoms with Crippen LogP contribution in [0.15, 0.2) is 42.6 Å². The van der Waals surface area contributed by atoms with Crippen LogP contribution in [0.4, 0.5) is 34.9 Å². The molecule has 0 aliphatic heterocycles. The van der Waals surface area contributed by atoms with Gasteiger partial charge < -0.3 is 25.0 Å². The number of amides is 1. The molecule has 1 heterocycles. The average Bonchev–Trinajstić information content (AvgIpc) is 2.94. The van der Waals surface area contributed by atoms with Crippen molar-refractivity contribution < 1.29 is 31.8 Å². The van der Waals surface area contributed by atoms with Crippen LogP contribution in [0, 0.1) is 5.82 Å². The Kier molecular flexibility index (Phi) is 12.8. The number of methoxy groups -OCH3 is 1. The van der Waals surface area contributed by atoms with Gasteiger partial charge in [-0.2, -0.15) is 18.2 Å². The highest BCUT2D eigenvalue weighted by Crippen LogP contribution is 2.40. The Morgan fingerprint density at radius 2 is 1.69 bits per heavy atom. The average molecular weight is 594 g/mol. The zero-order valence-corrected chi connectivity index (χ0v) is 25.0. The molecule has 12 heteroatoms. The van der Waals surface area contributed by atoms with Gasteiger partial charge in [-0.05, 0) is 31.0 Å². The summed E-state index contributed by atoms with van der Waals surface area (Å²) in [4.78, 5) is 22.2. The molecule has 8 nitrogen and oxygen atoms in total. The molecule has 2 N–H and O–H groups in total. The van der Waals surface area contributed by atoms with Gasteiger partial charge in [0.15, 0.2) is 5.75 Å². The van der Waals surface area contributed by atoms with Crippen LogP contribution in [0.3, 0.4) is 0 Å². The van der Waals surface area contributed by atoms with Crippen molar-refractivity contribution in [2.45, 2.75) is 65.6 Å². The highest BCUT2D eigenvalue weighted by Gasteiger charge is 2.37. The second kappa shape index (κ2) is 15.8. The van der Waals surface area contributed by atoms with Crippen molar-refractivity contribution in [2.24, 2.45) is 0 Å². The fraction of sp³-hybridized carbons (Fsp3) is 0.433. The number of aromatic nitrogens is 2. The Balaban J connectivity index is 0.00000301. The number of para-hydroxylation sites is 2. The minimum absolute atomic E-state index is 0.00890. The molecule has 0 fully saturated rings. The summed E-state index contributed by atoms with van der Waals surface area (Å²) < 4.78 is 67.3. The van der Waals surface area contributed by atoms with E-state index in [0.717, 1.165) is 31.7 Å². The number of hydrogen-bond donors (Lipinski definition) is 2. The first-order chi connectivity index (χ1) is 20.0. The summed E-state index contributed by atoms with van der Waals surface area (Å²) in [6.07, 6.45) is -0.986. The van der Waals surface area contributed by atoms with Gasteiger partial charge in [0.1, 0.15) is 17.1 Å². The molecule has 1 amide bonds. The number of carbonyl (C=O) groups excluding carboxylic acids is 1. The molecule has 0 spiro atoms. The van der Waals surface area contributed by atoms with E-state index in [1.807, 2.05) is 27.7 Å². The van der Waals surface area contributed by atoms with Gasteiger partial charge >= 0.3 is 6.18 Å². The topological polar surface area (TPSA) is 88.6 Å². The number of alkyl halides is 3. The molecule has 230 valence electrons. The Morgan fingerprint density at radius 1 is 1.05 bits per heavy atom. The number of hydrogen-bond acceptors (Lipinski definition) is 7. The minimum Gasteiger partial charge on any atom is -0.495 e. The van der Waals surface area contributed by atoms with Crippen LogP contribution in [-0.4, -0.2) is 43.1 Å². The first kappa shape index (κ1) is 34.1. The molecule has 3 aromatic rings. The van der Waals surface area contributed by atoms with Gasteiger partial charge in [-0.25, -0.2) is 9.37 Å². The summed E-state index contributed by atoms with van der Waals surface area (Å²) in [5.74, 6) is -2.27. The van der Waals surface area contributed by atoms with Gasteiger partial charge in [-0.15, -0.1) is 0 Å². The molecule has 1 aromatic heterocycles. The van der Waals surface area contributed by atoms with Crippen molar-refractivity contribution in [3.63, 3.8) is 0 Å². The van der Waals surface area contributed by atoms with Gasteiger partial charge in [0.05, 0.1) is 24.0 Å². The molecule has 3 rings (SSSR count). The molecule has 0 saturated carbocycles. The fourth-order valence-electron chi connectivity index (χ4n) is 4.08. The molecule has 42 heavy (non-hydrogen) atoms. The van der Waals surface area contributed by atoms with Crippen molar-refractivity contribution in [1.29, 1.82) is 0 Å². The van der Waals surface area contributed by atoms with Crippen LogP contribution < -0.4 is 25.0 Å². The summed E-state index contributed by atoms with van der Waals surface area (Å²) in [6, 6.07) is 8.66. The minimum atomic E-state index is -4.80. The van der Waals surface area contributed by atoms with E-state index in [4.69, 9.17) is 9.47 Å². The van der Waals surface area contributed by atoms with Crippen LogP contribution >= 0.6 is 0 Å². The van der Waals surface area contributed by atoms with Crippen molar-refractivity contribution in [1.82, 2.24) is 15.3 Å². The monoisotopic (exact) mass is 593 g/mol. The van der Waals surface area contributed by atoms with Crippen LogP contribution in [-0.2, 0) is 6.18 Å². The zero-order chi connectivity index (χ0) is 31.4. The molecule has 0 unspecified atom stereocenters. The quantitative estimate of drug-likeness (QED) is 0.206. The Hall–Kier alpha value is -4.09. The summed E-state index contributed by atoms with van der Waals surface area (Å²) in [6.45, 7) is 8.00. The van der Waals surface area contributed by atoms with Gasteiger partial charge in [-0.1, -0.05) is 52.7 Å². The predicted molar refractivity (Wildman–Crippen MR) is 157 cm³/mol. The smallest absolute Gasteiger partial charge is 0.423 e. The third-order valence-electron chi connectivity index (χ3n) is 6.00. The SMILES string of the molecule is CC.CCCC(CCC)NC(=O)c1cc(OC)c(Nc2ncc(C(F)(F)F)c(Oc3ccccc3N(C)C)n2)cc1F. The maximum Gasteiger partial charge on any atom is 0.423 e. The van der Waals surface area contributed by atoms with E-state index in [2.05, 4.69) is 20.6 Å². The third-order valence-corrected chi connectivity index (χ3v) is 6.00. The maximum atomic E-state index is 15.1. The highest BCUT2D eigenvalue weighted by atomic mass is 19.4. The van der Waals surface area contributed by atoms with Crippen LogP contribution in [0.1, 0.15) is 69.3 Å². The number of benzene rings is 2. The summed E-state index contributed by atoms with van der Waals surface area (Å²) in [5.41, 5.74) is -0.876. The fourth-order valence-corrected chi connectivity index (χ4v) is 4.08. The lowest BCUT2D eigenvalue weighted by molar-refractivity contribution is -0.139. The Labute approximate surface area is 244 Å². The summed E-state index contributed by atoms with van der Waals surface area (Å²) in [7, 11) is 4.76. The lowest BCUT2D eigenvalue weighted by atomic mass is 10.1. The van der Waals surface area contributed by atoms with Crippen molar-refractivity contribution >= 4 is 23.2 Å². The van der Waals surface area contributed by atoms with Crippen molar-refractivity contribution in [3.05, 3.63) is 59.5 Å². The largest absolute Gasteiger partial charge is 0.495 e. The number of nitrogens with one attached hydrogen (secondary N) is 2. The van der Waals surface area contributed by atoms with Crippen LogP contribution in [0.25, 0.3) is 0 Å². The van der Waals surface area contributed by atoms with E-state index in [1.165, 1.54) is 19.2 Å². The molecular weight excluding hydrogens is 554 g/mol. The lowest BCUT2D eigenvalue weighted by Gasteiger charge is -2.19. The Bertz CT molecular complexity index is 1310. The first-order valence-corrected chi connectivity index (χ1v) is 13.8. The van der Waals surface area contributed by atoms with Crippen molar-refractivity contribution in [2.75, 3.05) is 31.4 Å². The van der Waals surface area contributed by atoms with Crippen molar-refractivity contribution in [3.8, 4) is 17.4 Å². The first-order valence-electron chi connectivity index (χ1n) is 13.8. The third kappa shape index (κ3) is 8.95. The standard InChI is InChI=1S/C28H33F4N5O3.C2H6/c1-6-10-17(11-7-2)34-25(38)18-14-24(39-5)21(15-20(18)29)35-27-33-16-19(28(30,31)32)26(36-27)40-23-13-9-8-12-22(23)37(3)4;1-2/h8-9,12-17H,6-7,10-11H2,1-5H3,(H,34,38)(H,33,35,36);1-2H3. The van der Waals surface area contributed by atoms with E-state index in [9.17, 15) is 18.0 Å². The summed E-state index contributed by atoms with van der Waals surface area (Å²) in [5, 5.41) is 5.53. The molecule has 2 aromatic carbocycles. The van der Waals surface area contributed by atoms with E-state index in [-0.39, 0.29) is 34.7 Å². The van der Waals surface area contributed by atoms with E-state index in [0.29, 0.717) is 11.9 Å². The summed E-state index contributed by atoms with van der Waals surface area (Å²) >= 11 is 0. The number of carbonyl (C=O) groups is 1. The van der Waals surface area contributed by atoms with Crippen LogP contribution in [0.2, 0.25) is 0 Å². The maximum absolute atomic E-state index is 15.1. The molecule has 0 radical (unpaired) electrons. The number of anilines is 3. The second-order valence-corrected chi connectivity index (χ2v) is 9.28. The predicted octanol–water partition coefficient (Wildman–Crippen LogP) is 7.97. The van der Waals surface area contributed by atoms with Gasteiger partial charge in [0, 0.05) is 32.4 Å². The van der Waals surface area contributed by atoms with E-state index in [1.54, 1.807) is 37.2 Å². The highest BCUT2D eigenvalue weighted by molar-refractivity contribution is 5.96. The number of halogens is 4. The van der Waals surface area contributed by atoms with Gasteiger partial charge in [0.25, 0.3) is 5.91 Å². The number of nitrogens with zero attached hydrogens (tertiary/aromatic N) is 3. The van der Waals surface area contributed by atoms with E-state index < -0.39 is 29.3 Å². The second-order valence-electron chi connectivity index (χ2n) is 9.28. The molecule has 0 saturated heterocycles. The Morgan fingerprint density at radius 3 is 2.26 bits per heavy atom. The van der Waals surface area contributed by atoms with Gasteiger partial charge in [0.2, 0.25) is 11.8 Å². The lowest BCUT2D eigenvalue weighted by Crippen LogP contribution is -2.35. The molecule has 0 bridgehead atoms. The van der Waals surface area contributed by atoms with Crippen LogP contribution in [0.5, 0.6) is 17.4 Å². The zero-order valence-electron chi connectivity index (χ0n) is 25.0. The molecule has 0 aliphatic carbocycles.